The van der Waals surface area contributed by atoms with Crippen molar-refractivity contribution in [2.75, 3.05) is 31.6 Å². The fourth-order valence-corrected chi connectivity index (χ4v) is 2.34. The molecule has 7 nitrogen and oxygen atoms in total. The number of rotatable bonds is 5. The molecule has 2 heterocycles. The van der Waals surface area contributed by atoms with Gasteiger partial charge in [0, 0.05) is 45.2 Å². The van der Waals surface area contributed by atoms with E-state index in [0.717, 1.165) is 19.4 Å². The number of amides is 1. The zero-order chi connectivity index (χ0) is 14.4. The zero-order valence-corrected chi connectivity index (χ0v) is 14.1. The van der Waals surface area contributed by atoms with Crippen LogP contribution in [0, 0.1) is 0 Å². The number of piperidine rings is 1. The van der Waals surface area contributed by atoms with Crippen LogP contribution in [0.5, 0.6) is 0 Å². The number of anilines is 1. The third kappa shape index (κ3) is 5.57. The molecule has 126 valence electrons. The van der Waals surface area contributed by atoms with Crippen LogP contribution in [-0.2, 0) is 9.53 Å². The van der Waals surface area contributed by atoms with Gasteiger partial charge in [0.05, 0.1) is 0 Å². The van der Waals surface area contributed by atoms with Gasteiger partial charge in [0.15, 0.2) is 0 Å². The number of nitrogens with one attached hydrogen (secondary N) is 1. The Balaban J connectivity index is 0.00000220. The van der Waals surface area contributed by atoms with Gasteiger partial charge in [-0.15, -0.1) is 24.8 Å². The lowest BCUT2D eigenvalue weighted by Gasteiger charge is -2.33. The minimum absolute atomic E-state index is 0. The molecule has 1 aliphatic heterocycles. The van der Waals surface area contributed by atoms with Crippen LogP contribution in [0.15, 0.2) is 18.5 Å². The first-order chi connectivity index (χ1) is 9.74. The van der Waals surface area contributed by atoms with Crippen LogP contribution in [0.4, 0.5) is 5.95 Å². The number of methoxy groups -OCH3 is 1. The molecule has 2 rings (SSSR count). The van der Waals surface area contributed by atoms with Gasteiger partial charge >= 0.3 is 0 Å². The topological polar surface area (TPSA) is 93.4 Å². The van der Waals surface area contributed by atoms with Crippen molar-refractivity contribution in [3.63, 3.8) is 0 Å². The van der Waals surface area contributed by atoms with Crippen LogP contribution in [0.1, 0.15) is 12.8 Å². The quantitative estimate of drug-likeness (QED) is 0.796. The molecule has 1 amide bonds. The maximum absolute atomic E-state index is 12.0. The molecule has 0 aliphatic carbocycles. The molecular formula is C13H23Cl2N5O2. The molecule has 0 aromatic carbocycles. The predicted molar refractivity (Wildman–Crippen MR) is 89.8 cm³/mol. The number of halogens is 2. The normalized spacial score (nSPS) is 18.6. The molecule has 1 aromatic rings. The molecule has 3 N–H and O–H groups in total. The predicted octanol–water partition coefficient (Wildman–Crippen LogP) is 0.379. The van der Waals surface area contributed by atoms with Gasteiger partial charge < -0.3 is 20.7 Å². The van der Waals surface area contributed by atoms with E-state index >= 15 is 0 Å². The summed E-state index contributed by atoms with van der Waals surface area (Å²) in [5.41, 5.74) is 5.49. The number of carbonyl (C=O) groups excluding carboxylic acids is 1. The molecule has 0 radical (unpaired) electrons. The van der Waals surface area contributed by atoms with Crippen molar-refractivity contribution in [1.82, 2.24) is 15.3 Å². The second-order valence-electron chi connectivity index (χ2n) is 4.80. The third-order valence-corrected chi connectivity index (χ3v) is 3.39. The van der Waals surface area contributed by atoms with E-state index < -0.39 is 6.10 Å². The number of aromatic nitrogens is 2. The molecule has 0 spiro atoms. The molecule has 9 heteroatoms. The number of hydrogen-bond acceptors (Lipinski definition) is 6. The minimum Gasteiger partial charge on any atom is -0.370 e. The van der Waals surface area contributed by atoms with Gasteiger partial charge in [0.1, 0.15) is 6.10 Å². The Hall–Kier alpha value is -1.15. The maximum Gasteiger partial charge on any atom is 0.250 e. The highest BCUT2D eigenvalue weighted by molar-refractivity contribution is 5.85. The summed E-state index contributed by atoms with van der Waals surface area (Å²) in [6, 6.07) is 1.86. The Morgan fingerprint density at radius 1 is 1.50 bits per heavy atom. The van der Waals surface area contributed by atoms with Crippen LogP contribution < -0.4 is 16.0 Å². The molecule has 1 aliphatic rings. The first-order valence-electron chi connectivity index (χ1n) is 6.79. The van der Waals surface area contributed by atoms with Crippen LogP contribution in [0.25, 0.3) is 0 Å². The van der Waals surface area contributed by atoms with E-state index in [2.05, 4.69) is 20.2 Å². The molecule has 2 unspecified atom stereocenters. The van der Waals surface area contributed by atoms with Crippen LogP contribution >= 0.6 is 24.8 Å². The number of ether oxygens (including phenoxy) is 1. The van der Waals surface area contributed by atoms with Crippen molar-refractivity contribution in [2.24, 2.45) is 5.73 Å². The summed E-state index contributed by atoms with van der Waals surface area (Å²) < 4.78 is 5.04. The molecule has 1 aromatic heterocycles. The van der Waals surface area contributed by atoms with Crippen molar-refractivity contribution < 1.29 is 9.53 Å². The molecule has 1 fully saturated rings. The smallest absolute Gasteiger partial charge is 0.250 e. The third-order valence-electron chi connectivity index (χ3n) is 3.39. The Morgan fingerprint density at radius 3 is 2.77 bits per heavy atom. The zero-order valence-electron chi connectivity index (χ0n) is 12.5. The van der Waals surface area contributed by atoms with Crippen LogP contribution in [0.3, 0.4) is 0 Å². The van der Waals surface area contributed by atoms with E-state index in [4.69, 9.17) is 10.5 Å². The SMILES string of the molecule is COC(CN)C(=O)NC1CCCN(c2ncccn2)C1.Cl.Cl. The molecule has 0 bridgehead atoms. The van der Waals surface area contributed by atoms with E-state index in [1.165, 1.54) is 7.11 Å². The summed E-state index contributed by atoms with van der Waals surface area (Å²) in [4.78, 5) is 22.5. The second-order valence-corrected chi connectivity index (χ2v) is 4.80. The van der Waals surface area contributed by atoms with E-state index in [-0.39, 0.29) is 43.3 Å². The Morgan fingerprint density at radius 2 is 2.18 bits per heavy atom. The molecule has 1 saturated heterocycles. The van der Waals surface area contributed by atoms with Crippen molar-refractivity contribution in [3.05, 3.63) is 18.5 Å². The lowest BCUT2D eigenvalue weighted by atomic mass is 10.1. The lowest BCUT2D eigenvalue weighted by Crippen LogP contribution is -2.52. The minimum atomic E-state index is -0.585. The Kier molecular flexibility index (Phi) is 10.0. The molecular weight excluding hydrogens is 329 g/mol. The van der Waals surface area contributed by atoms with Gasteiger partial charge in [-0.2, -0.15) is 0 Å². The average Bonchev–Trinajstić information content (AvgIpc) is 2.49. The number of carbonyl (C=O) groups is 1. The Bertz CT molecular complexity index is 434. The van der Waals surface area contributed by atoms with Gasteiger partial charge in [0.2, 0.25) is 5.95 Å². The molecule has 0 saturated carbocycles. The van der Waals surface area contributed by atoms with Crippen LogP contribution in [0.2, 0.25) is 0 Å². The van der Waals surface area contributed by atoms with Gasteiger partial charge in [-0.25, -0.2) is 9.97 Å². The summed E-state index contributed by atoms with van der Waals surface area (Å²) in [5.74, 6) is 0.546. The lowest BCUT2D eigenvalue weighted by molar-refractivity contribution is -0.131. The Labute approximate surface area is 142 Å². The number of hydrogen-bond donors (Lipinski definition) is 2. The second kappa shape index (κ2) is 10.6. The van der Waals surface area contributed by atoms with Gasteiger partial charge in [-0.05, 0) is 18.9 Å². The fraction of sp³-hybridized carbons (Fsp3) is 0.615. The first kappa shape index (κ1) is 20.9. The average molecular weight is 352 g/mol. The van der Waals surface area contributed by atoms with E-state index in [1.807, 2.05) is 0 Å². The van der Waals surface area contributed by atoms with E-state index in [0.29, 0.717) is 12.5 Å². The van der Waals surface area contributed by atoms with E-state index in [1.54, 1.807) is 18.5 Å². The number of nitrogens with two attached hydrogens (primary N) is 1. The van der Waals surface area contributed by atoms with Crippen LogP contribution in [-0.4, -0.2) is 54.8 Å². The van der Waals surface area contributed by atoms with Gasteiger partial charge in [-0.3, -0.25) is 4.79 Å². The summed E-state index contributed by atoms with van der Waals surface area (Å²) in [7, 11) is 1.49. The summed E-state index contributed by atoms with van der Waals surface area (Å²) in [5, 5.41) is 2.98. The van der Waals surface area contributed by atoms with Crippen molar-refractivity contribution in [3.8, 4) is 0 Å². The molecule has 2 atom stereocenters. The van der Waals surface area contributed by atoms with Gasteiger partial charge in [-0.1, -0.05) is 0 Å². The monoisotopic (exact) mass is 351 g/mol. The first-order valence-corrected chi connectivity index (χ1v) is 6.79. The van der Waals surface area contributed by atoms with Crippen molar-refractivity contribution >= 4 is 36.7 Å². The highest BCUT2D eigenvalue weighted by atomic mass is 35.5. The van der Waals surface area contributed by atoms with E-state index in [9.17, 15) is 4.79 Å². The summed E-state index contributed by atoms with van der Waals surface area (Å²) >= 11 is 0. The van der Waals surface area contributed by atoms with Gasteiger partial charge in [0.25, 0.3) is 5.91 Å². The number of nitrogens with zero attached hydrogens (tertiary/aromatic N) is 3. The summed E-state index contributed by atoms with van der Waals surface area (Å²) in [6.45, 7) is 1.79. The van der Waals surface area contributed by atoms with Crippen molar-refractivity contribution in [1.29, 1.82) is 0 Å². The summed E-state index contributed by atoms with van der Waals surface area (Å²) in [6.07, 6.45) is 4.79. The van der Waals surface area contributed by atoms with Crippen molar-refractivity contribution in [2.45, 2.75) is 25.0 Å². The largest absolute Gasteiger partial charge is 0.370 e. The standard InChI is InChI=1S/C13H21N5O2.2ClH/c1-20-11(8-14)12(19)17-10-4-2-7-18(9-10)13-15-5-3-6-16-13;;/h3,5-6,10-11H,2,4,7-9,14H2,1H3,(H,17,19);2*1H. The fourth-order valence-electron chi connectivity index (χ4n) is 2.34. The highest BCUT2D eigenvalue weighted by Gasteiger charge is 2.25. The molecule has 22 heavy (non-hydrogen) atoms. The highest BCUT2D eigenvalue weighted by Crippen LogP contribution is 2.15. The maximum atomic E-state index is 12.0.